The average molecular weight is 353 g/mol. The van der Waals surface area contributed by atoms with E-state index in [1.165, 1.54) is 12.1 Å². The molecule has 0 spiro atoms. The van der Waals surface area contributed by atoms with Gasteiger partial charge < -0.3 is 5.73 Å². The monoisotopic (exact) mass is 352 g/mol. The number of benzene rings is 1. The number of nitrogens with one attached hydrogen (secondary N) is 1. The predicted octanol–water partition coefficient (Wildman–Crippen LogP) is 2.45. The van der Waals surface area contributed by atoms with Gasteiger partial charge in [0.25, 0.3) is 0 Å². The number of rotatable bonds is 7. The van der Waals surface area contributed by atoms with Gasteiger partial charge >= 0.3 is 0 Å². The van der Waals surface area contributed by atoms with Gasteiger partial charge in [0.05, 0.1) is 4.90 Å². The number of hydrogen-bond acceptors (Lipinski definition) is 4. The molecular weight excluding hydrogens is 336 g/mol. The summed E-state index contributed by atoms with van der Waals surface area (Å²) in [6.45, 7) is 2.54. The maximum atomic E-state index is 11.9. The zero-order chi connectivity index (χ0) is 13.6. The first-order valence-electron chi connectivity index (χ1n) is 5.60. The molecule has 0 bridgehead atoms. The van der Waals surface area contributed by atoms with Gasteiger partial charge in [0.15, 0.2) is 0 Å². The highest BCUT2D eigenvalue weighted by Crippen LogP contribution is 2.22. The molecule has 3 N–H and O–H groups in total. The molecule has 0 aromatic heterocycles. The molecule has 0 aliphatic heterocycles. The Morgan fingerprint density at radius 3 is 2.78 bits per heavy atom. The summed E-state index contributed by atoms with van der Waals surface area (Å²) in [6.07, 6.45) is 0.827. The molecule has 0 aliphatic rings. The highest BCUT2D eigenvalue weighted by Gasteiger charge is 2.14. The number of hydrogen-bond donors (Lipinski definition) is 2. The summed E-state index contributed by atoms with van der Waals surface area (Å²) >= 11 is 5.02. The summed E-state index contributed by atoms with van der Waals surface area (Å²) in [5.41, 5.74) is 6.14. The van der Waals surface area contributed by atoms with Gasteiger partial charge in [-0.15, -0.1) is 0 Å². The first kappa shape index (κ1) is 15.8. The van der Waals surface area contributed by atoms with Crippen molar-refractivity contribution >= 4 is 43.4 Å². The normalized spacial score (nSPS) is 11.7. The van der Waals surface area contributed by atoms with Crippen molar-refractivity contribution in [2.24, 2.45) is 0 Å². The van der Waals surface area contributed by atoms with Crippen LogP contribution in [0, 0.1) is 0 Å². The van der Waals surface area contributed by atoms with E-state index < -0.39 is 10.0 Å². The lowest BCUT2D eigenvalue weighted by Crippen LogP contribution is -2.25. The molecule has 1 aromatic rings. The molecule has 1 aromatic carbocycles. The van der Waals surface area contributed by atoms with Crippen LogP contribution in [0.1, 0.15) is 13.3 Å². The lowest BCUT2D eigenvalue weighted by Gasteiger charge is -2.07. The Hall–Kier alpha value is -0.240. The van der Waals surface area contributed by atoms with E-state index in [0.717, 1.165) is 17.9 Å². The van der Waals surface area contributed by atoms with Crippen molar-refractivity contribution in [2.75, 3.05) is 23.8 Å². The summed E-state index contributed by atoms with van der Waals surface area (Å²) in [4.78, 5) is 0.228. The number of nitrogens with two attached hydrogens (primary N) is 1. The molecule has 0 fully saturated rings. The Balaban J connectivity index is 2.60. The highest BCUT2D eigenvalue weighted by molar-refractivity contribution is 9.10. The summed E-state index contributed by atoms with van der Waals surface area (Å²) in [5, 5.41) is 0. The number of halogens is 1. The van der Waals surface area contributed by atoms with Crippen LogP contribution in [0.5, 0.6) is 0 Å². The van der Waals surface area contributed by atoms with E-state index in [0.29, 0.717) is 16.7 Å². The lowest BCUT2D eigenvalue weighted by atomic mass is 10.3. The van der Waals surface area contributed by atoms with E-state index in [-0.39, 0.29) is 4.90 Å². The Labute approximate surface area is 121 Å². The summed E-state index contributed by atoms with van der Waals surface area (Å²) in [7, 11) is -3.43. The third kappa shape index (κ3) is 4.79. The summed E-state index contributed by atoms with van der Waals surface area (Å²) in [6, 6.07) is 4.59. The van der Waals surface area contributed by atoms with Gasteiger partial charge in [-0.1, -0.05) is 6.92 Å². The molecule has 0 heterocycles. The van der Waals surface area contributed by atoms with Crippen LogP contribution in [0.4, 0.5) is 5.69 Å². The Bertz CT molecular complexity index is 492. The third-order valence-electron chi connectivity index (χ3n) is 2.24. The molecule has 0 saturated carbocycles. The smallest absolute Gasteiger partial charge is 0.240 e. The molecule has 0 radical (unpaired) electrons. The number of sulfonamides is 1. The number of anilines is 1. The molecule has 102 valence electrons. The molecule has 0 amide bonds. The van der Waals surface area contributed by atoms with E-state index in [1.54, 1.807) is 17.8 Å². The maximum Gasteiger partial charge on any atom is 0.240 e. The molecule has 0 unspecified atom stereocenters. The molecule has 0 atom stereocenters. The molecule has 0 saturated heterocycles. The molecule has 18 heavy (non-hydrogen) atoms. The van der Waals surface area contributed by atoms with Crippen molar-refractivity contribution in [3.8, 4) is 0 Å². The second-order valence-corrected chi connectivity index (χ2v) is 7.65. The standard InChI is InChI=1S/C11H17BrN2O2S2/c1-2-17-7-3-6-14-18(15,16)9-4-5-11(13)10(12)8-9/h4-5,8,14H,2-3,6-7,13H2,1H3. The SMILES string of the molecule is CCSCCCNS(=O)(=O)c1ccc(N)c(Br)c1. The van der Waals surface area contributed by atoms with E-state index in [1.807, 2.05) is 0 Å². The van der Waals surface area contributed by atoms with Crippen LogP contribution in [0.2, 0.25) is 0 Å². The van der Waals surface area contributed by atoms with Gasteiger partial charge in [-0.25, -0.2) is 13.1 Å². The van der Waals surface area contributed by atoms with Gasteiger partial charge in [-0.05, 0) is 52.1 Å². The maximum absolute atomic E-state index is 11.9. The van der Waals surface area contributed by atoms with Crippen LogP contribution in [0.3, 0.4) is 0 Å². The molecule has 1 rings (SSSR count). The number of thioether (sulfide) groups is 1. The summed E-state index contributed by atoms with van der Waals surface area (Å²) in [5.74, 6) is 2.02. The van der Waals surface area contributed by atoms with Crippen molar-refractivity contribution in [1.82, 2.24) is 4.72 Å². The second kappa shape index (κ2) is 7.37. The van der Waals surface area contributed by atoms with Gasteiger partial charge in [0.1, 0.15) is 0 Å². The first-order chi connectivity index (χ1) is 8.47. The highest BCUT2D eigenvalue weighted by atomic mass is 79.9. The van der Waals surface area contributed by atoms with Gasteiger partial charge in [0, 0.05) is 16.7 Å². The third-order valence-corrected chi connectivity index (χ3v) is 5.37. The Morgan fingerprint density at radius 2 is 2.17 bits per heavy atom. The van der Waals surface area contributed by atoms with Crippen LogP contribution in [-0.2, 0) is 10.0 Å². The van der Waals surface area contributed by atoms with Crippen LogP contribution in [0.25, 0.3) is 0 Å². The van der Waals surface area contributed by atoms with E-state index >= 15 is 0 Å². The quantitative estimate of drug-likeness (QED) is 0.583. The van der Waals surface area contributed by atoms with Crippen LogP contribution >= 0.6 is 27.7 Å². The Morgan fingerprint density at radius 1 is 1.44 bits per heavy atom. The van der Waals surface area contributed by atoms with E-state index in [2.05, 4.69) is 27.6 Å². The van der Waals surface area contributed by atoms with E-state index in [9.17, 15) is 8.42 Å². The number of nitrogen functional groups attached to an aromatic ring is 1. The predicted molar refractivity (Wildman–Crippen MR) is 81.4 cm³/mol. The lowest BCUT2D eigenvalue weighted by molar-refractivity contribution is 0.581. The minimum atomic E-state index is -3.43. The zero-order valence-electron chi connectivity index (χ0n) is 10.1. The second-order valence-electron chi connectivity index (χ2n) is 3.63. The van der Waals surface area contributed by atoms with Gasteiger partial charge in [0.2, 0.25) is 10.0 Å². The molecule has 4 nitrogen and oxygen atoms in total. The molecule has 0 aliphatic carbocycles. The topological polar surface area (TPSA) is 72.2 Å². The zero-order valence-corrected chi connectivity index (χ0v) is 13.4. The van der Waals surface area contributed by atoms with E-state index in [4.69, 9.17) is 5.73 Å². The van der Waals surface area contributed by atoms with Crippen molar-refractivity contribution < 1.29 is 8.42 Å². The molecular formula is C11H17BrN2O2S2. The summed E-state index contributed by atoms with van der Waals surface area (Å²) < 4.78 is 27.1. The van der Waals surface area contributed by atoms with Crippen LogP contribution < -0.4 is 10.5 Å². The van der Waals surface area contributed by atoms with Crippen molar-refractivity contribution in [3.63, 3.8) is 0 Å². The van der Waals surface area contributed by atoms with Crippen molar-refractivity contribution in [3.05, 3.63) is 22.7 Å². The first-order valence-corrected chi connectivity index (χ1v) is 9.03. The van der Waals surface area contributed by atoms with Crippen molar-refractivity contribution in [1.29, 1.82) is 0 Å². The fourth-order valence-corrected chi connectivity index (χ4v) is 3.55. The van der Waals surface area contributed by atoms with Crippen LogP contribution in [-0.4, -0.2) is 26.5 Å². The van der Waals surface area contributed by atoms with Crippen LogP contribution in [0.15, 0.2) is 27.6 Å². The molecule has 7 heteroatoms. The van der Waals surface area contributed by atoms with Gasteiger partial charge in [-0.2, -0.15) is 11.8 Å². The minimum Gasteiger partial charge on any atom is -0.398 e. The fourth-order valence-electron chi connectivity index (χ4n) is 1.28. The average Bonchev–Trinajstić information content (AvgIpc) is 2.32. The fraction of sp³-hybridized carbons (Fsp3) is 0.455. The van der Waals surface area contributed by atoms with Gasteiger partial charge in [-0.3, -0.25) is 0 Å². The largest absolute Gasteiger partial charge is 0.398 e. The minimum absolute atomic E-state index is 0.228. The van der Waals surface area contributed by atoms with Crippen molar-refractivity contribution in [2.45, 2.75) is 18.2 Å². The Kier molecular flexibility index (Phi) is 6.48.